The lowest BCUT2D eigenvalue weighted by atomic mass is 10.2. The number of nitrogens with zero attached hydrogens (tertiary/aromatic N) is 3. The largest absolute Gasteiger partial charge is 0.369 e. The van der Waals surface area contributed by atoms with Gasteiger partial charge in [0.05, 0.1) is 0 Å². The van der Waals surface area contributed by atoms with E-state index >= 15 is 0 Å². The van der Waals surface area contributed by atoms with E-state index in [1.807, 2.05) is 12.1 Å². The van der Waals surface area contributed by atoms with Gasteiger partial charge in [-0.3, -0.25) is 14.7 Å². The van der Waals surface area contributed by atoms with Crippen LogP contribution in [0.5, 0.6) is 0 Å². The highest BCUT2D eigenvalue weighted by Crippen LogP contribution is 2.17. The summed E-state index contributed by atoms with van der Waals surface area (Å²) >= 11 is 0. The summed E-state index contributed by atoms with van der Waals surface area (Å²) in [6.45, 7) is 8.33. The second kappa shape index (κ2) is 10.7. The zero-order valence-electron chi connectivity index (χ0n) is 15.5. The fourth-order valence-corrected chi connectivity index (χ4v) is 3.30. The summed E-state index contributed by atoms with van der Waals surface area (Å²) < 4.78 is 0. The number of piperazine rings is 1. The van der Waals surface area contributed by atoms with Gasteiger partial charge in [-0.15, -0.1) is 0 Å². The number of benzene rings is 1. The molecule has 5 heteroatoms. The summed E-state index contributed by atoms with van der Waals surface area (Å²) in [6, 6.07) is 14.1. The summed E-state index contributed by atoms with van der Waals surface area (Å²) in [4.78, 5) is 21.0. The van der Waals surface area contributed by atoms with Gasteiger partial charge >= 0.3 is 0 Å². The highest BCUT2D eigenvalue weighted by atomic mass is 16.1. The Labute approximate surface area is 163 Å². The average Bonchev–Trinajstić information content (AvgIpc) is 2.69. The number of amides is 1. The normalized spacial score (nSPS) is 14.5. The van der Waals surface area contributed by atoms with Crippen molar-refractivity contribution in [2.75, 3.05) is 44.2 Å². The van der Waals surface area contributed by atoms with E-state index < -0.39 is 0 Å². The van der Waals surface area contributed by atoms with Crippen LogP contribution in [0.1, 0.15) is 36.3 Å². The van der Waals surface area contributed by atoms with Crippen molar-refractivity contribution in [1.29, 1.82) is 0 Å². The Hall–Kier alpha value is -2.40. The first-order valence-electron chi connectivity index (χ1n) is 9.45. The number of aromatic nitrogens is 1. The van der Waals surface area contributed by atoms with Crippen LogP contribution in [0.15, 0.2) is 48.7 Å². The summed E-state index contributed by atoms with van der Waals surface area (Å²) in [7, 11) is 0. The lowest BCUT2D eigenvalue weighted by molar-refractivity contribution is 0.0947. The Morgan fingerprint density at radius 1 is 1.07 bits per heavy atom. The fraction of sp³-hybridized carbons (Fsp3) is 0.455. The highest BCUT2D eigenvalue weighted by molar-refractivity contribution is 5.92. The predicted molar refractivity (Wildman–Crippen MR) is 112 cm³/mol. The molecule has 0 unspecified atom stereocenters. The fourth-order valence-electron chi connectivity index (χ4n) is 3.30. The average molecular weight is 369 g/mol. The molecule has 1 aliphatic rings. The first kappa shape index (κ1) is 20.9. The molecule has 0 bridgehead atoms. The minimum Gasteiger partial charge on any atom is -0.369 e. The molecule has 0 atom stereocenters. The standard InChI is InChI=1S/C21H28N4O.CH4/c1-18-7-6-8-19(17-18)25-15-13-24(14-16-25)12-5-4-11-23-21(26)20-9-2-3-10-22-20;/h2-3,6-10,17H,4-5,11-16H2,1H3,(H,23,26);1H4. The smallest absolute Gasteiger partial charge is 0.269 e. The third-order valence-corrected chi connectivity index (χ3v) is 4.82. The number of nitrogens with one attached hydrogen (secondary N) is 1. The number of pyridine rings is 1. The van der Waals surface area contributed by atoms with Gasteiger partial charge < -0.3 is 10.2 Å². The van der Waals surface area contributed by atoms with Gasteiger partial charge in [0.25, 0.3) is 5.91 Å². The first-order valence-corrected chi connectivity index (χ1v) is 9.45. The second-order valence-corrected chi connectivity index (χ2v) is 6.85. The molecular weight excluding hydrogens is 336 g/mol. The summed E-state index contributed by atoms with van der Waals surface area (Å²) in [5.74, 6) is -0.0858. The third-order valence-electron chi connectivity index (χ3n) is 4.82. The quantitative estimate of drug-likeness (QED) is 0.762. The van der Waals surface area contributed by atoms with Crippen molar-refractivity contribution >= 4 is 11.6 Å². The van der Waals surface area contributed by atoms with Gasteiger partial charge in [-0.1, -0.05) is 25.6 Å². The molecule has 1 aliphatic heterocycles. The molecular formula is C22H32N4O. The zero-order chi connectivity index (χ0) is 18.2. The molecule has 0 spiro atoms. The highest BCUT2D eigenvalue weighted by Gasteiger charge is 2.16. The molecule has 0 radical (unpaired) electrons. The van der Waals surface area contributed by atoms with Gasteiger partial charge in [-0.05, 0) is 56.1 Å². The van der Waals surface area contributed by atoms with E-state index in [-0.39, 0.29) is 13.3 Å². The van der Waals surface area contributed by atoms with Gasteiger partial charge in [0.1, 0.15) is 5.69 Å². The number of hydrogen-bond donors (Lipinski definition) is 1. The second-order valence-electron chi connectivity index (χ2n) is 6.85. The number of carbonyl (C=O) groups excluding carboxylic acids is 1. The van der Waals surface area contributed by atoms with E-state index in [0.717, 1.165) is 45.6 Å². The predicted octanol–water partition coefficient (Wildman–Crippen LogP) is 3.36. The molecule has 1 aromatic heterocycles. The van der Waals surface area contributed by atoms with Crippen LogP contribution in [0.3, 0.4) is 0 Å². The van der Waals surface area contributed by atoms with Gasteiger partial charge in [-0.25, -0.2) is 0 Å². The van der Waals surface area contributed by atoms with Gasteiger partial charge in [-0.2, -0.15) is 0 Å². The molecule has 27 heavy (non-hydrogen) atoms. The number of unbranched alkanes of at least 4 members (excludes halogenated alkanes) is 1. The van der Waals surface area contributed by atoms with E-state index in [1.165, 1.54) is 11.3 Å². The van der Waals surface area contributed by atoms with Crippen LogP contribution in [0.4, 0.5) is 5.69 Å². The van der Waals surface area contributed by atoms with Gasteiger partial charge in [0.15, 0.2) is 0 Å². The minimum absolute atomic E-state index is 0. The van der Waals surface area contributed by atoms with Crippen LogP contribution < -0.4 is 10.2 Å². The third kappa shape index (κ3) is 6.36. The van der Waals surface area contributed by atoms with Crippen LogP contribution in [0.2, 0.25) is 0 Å². The maximum Gasteiger partial charge on any atom is 0.269 e. The van der Waals surface area contributed by atoms with E-state index in [4.69, 9.17) is 0 Å². The summed E-state index contributed by atoms with van der Waals surface area (Å²) in [6.07, 6.45) is 3.74. The van der Waals surface area contributed by atoms with Crippen LogP contribution in [0.25, 0.3) is 0 Å². The van der Waals surface area contributed by atoms with Gasteiger partial charge in [0.2, 0.25) is 0 Å². The Morgan fingerprint density at radius 3 is 2.59 bits per heavy atom. The van der Waals surface area contributed by atoms with Crippen molar-refractivity contribution in [3.63, 3.8) is 0 Å². The van der Waals surface area contributed by atoms with E-state index in [9.17, 15) is 4.79 Å². The molecule has 1 fully saturated rings. The monoisotopic (exact) mass is 368 g/mol. The number of rotatable bonds is 7. The van der Waals surface area contributed by atoms with Crippen LogP contribution in [-0.4, -0.2) is 55.1 Å². The molecule has 5 nitrogen and oxygen atoms in total. The zero-order valence-corrected chi connectivity index (χ0v) is 15.5. The molecule has 1 amide bonds. The molecule has 1 N–H and O–H groups in total. The molecule has 0 saturated carbocycles. The Kier molecular flexibility index (Phi) is 8.27. The van der Waals surface area contributed by atoms with Crippen molar-refractivity contribution in [2.24, 2.45) is 0 Å². The molecule has 1 aromatic carbocycles. The van der Waals surface area contributed by atoms with Crippen LogP contribution in [0, 0.1) is 6.92 Å². The van der Waals surface area contributed by atoms with Crippen LogP contribution >= 0.6 is 0 Å². The van der Waals surface area contributed by atoms with Crippen molar-refractivity contribution in [1.82, 2.24) is 15.2 Å². The summed E-state index contributed by atoms with van der Waals surface area (Å²) in [5.41, 5.74) is 3.14. The summed E-state index contributed by atoms with van der Waals surface area (Å²) in [5, 5.41) is 2.94. The topological polar surface area (TPSA) is 48.5 Å². The van der Waals surface area contributed by atoms with E-state index in [1.54, 1.807) is 12.3 Å². The maximum absolute atomic E-state index is 11.9. The Morgan fingerprint density at radius 2 is 1.89 bits per heavy atom. The van der Waals surface area contributed by atoms with Crippen molar-refractivity contribution < 1.29 is 4.79 Å². The van der Waals surface area contributed by atoms with Crippen LogP contribution in [-0.2, 0) is 0 Å². The molecule has 0 aliphatic carbocycles. The number of anilines is 1. The Balaban J connectivity index is 0.00000261. The minimum atomic E-state index is -0.0858. The lowest BCUT2D eigenvalue weighted by Gasteiger charge is -2.36. The van der Waals surface area contributed by atoms with E-state index in [0.29, 0.717) is 12.2 Å². The molecule has 3 rings (SSSR count). The SMILES string of the molecule is C.Cc1cccc(N2CCN(CCCCNC(=O)c3ccccn3)CC2)c1. The molecule has 2 heterocycles. The molecule has 2 aromatic rings. The van der Waals surface area contributed by atoms with Crippen molar-refractivity contribution in [3.8, 4) is 0 Å². The number of aryl methyl sites for hydroxylation is 1. The number of hydrogen-bond acceptors (Lipinski definition) is 4. The van der Waals surface area contributed by atoms with Crippen molar-refractivity contribution in [3.05, 3.63) is 59.9 Å². The van der Waals surface area contributed by atoms with Gasteiger partial charge in [0, 0.05) is 44.6 Å². The molecule has 146 valence electrons. The maximum atomic E-state index is 11.9. The number of carbonyl (C=O) groups is 1. The lowest BCUT2D eigenvalue weighted by Crippen LogP contribution is -2.46. The van der Waals surface area contributed by atoms with E-state index in [2.05, 4.69) is 51.3 Å². The Bertz CT molecular complexity index is 696. The molecule has 1 saturated heterocycles. The first-order chi connectivity index (χ1) is 12.7. The van der Waals surface area contributed by atoms with Crippen molar-refractivity contribution in [2.45, 2.75) is 27.2 Å².